The van der Waals surface area contributed by atoms with Gasteiger partial charge in [0, 0.05) is 18.7 Å². The third-order valence-corrected chi connectivity index (χ3v) is 6.27. The standard InChI is InChI=1S/C20H15Cl2FN2O2S2/c21-15-4-1-3-12(18(15)22)11-16-19(27)25(20(28)29-16)10-2-5-17(26)24-14-8-6-13(23)7-9-14/h1,3-4,6-9,11H,2,5,10H2,(H,24,26)/b16-11-. The molecule has 0 saturated carbocycles. The second-order valence-corrected chi connectivity index (χ2v) is 8.60. The van der Waals surface area contributed by atoms with Crippen molar-refractivity contribution in [3.63, 3.8) is 0 Å². The number of thiocarbonyl (C=S) groups is 1. The first-order chi connectivity index (χ1) is 13.8. The molecule has 2 amide bonds. The summed E-state index contributed by atoms with van der Waals surface area (Å²) in [7, 11) is 0. The Morgan fingerprint density at radius 1 is 1.21 bits per heavy atom. The van der Waals surface area contributed by atoms with Crippen molar-refractivity contribution in [2.24, 2.45) is 0 Å². The average molecular weight is 469 g/mol. The lowest BCUT2D eigenvalue weighted by molar-refractivity contribution is -0.122. The summed E-state index contributed by atoms with van der Waals surface area (Å²) in [6.45, 7) is 0.322. The average Bonchev–Trinajstić information content (AvgIpc) is 2.94. The minimum atomic E-state index is -0.371. The van der Waals surface area contributed by atoms with Gasteiger partial charge in [0.15, 0.2) is 0 Å². The first-order valence-electron chi connectivity index (χ1n) is 8.60. The molecule has 0 spiro atoms. The molecule has 29 heavy (non-hydrogen) atoms. The largest absolute Gasteiger partial charge is 0.326 e. The summed E-state index contributed by atoms with van der Waals surface area (Å²) in [5.74, 6) is -0.817. The normalized spacial score (nSPS) is 15.3. The van der Waals surface area contributed by atoms with Crippen LogP contribution in [0.3, 0.4) is 0 Å². The van der Waals surface area contributed by atoms with Gasteiger partial charge in [-0.1, -0.05) is 59.3 Å². The smallest absolute Gasteiger partial charge is 0.266 e. The summed E-state index contributed by atoms with van der Waals surface area (Å²) in [6.07, 6.45) is 2.30. The molecule has 1 heterocycles. The van der Waals surface area contributed by atoms with Gasteiger partial charge in [0.2, 0.25) is 5.91 Å². The van der Waals surface area contributed by atoms with Crippen molar-refractivity contribution in [2.45, 2.75) is 12.8 Å². The number of carbonyl (C=O) groups excluding carboxylic acids is 2. The van der Waals surface area contributed by atoms with Crippen LogP contribution < -0.4 is 5.32 Å². The summed E-state index contributed by atoms with van der Waals surface area (Å²) in [5, 5.41) is 3.46. The number of nitrogens with zero attached hydrogens (tertiary/aromatic N) is 1. The Bertz CT molecular complexity index is 996. The van der Waals surface area contributed by atoms with Crippen LogP contribution in [-0.4, -0.2) is 27.6 Å². The number of hydrogen-bond acceptors (Lipinski definition) is 4. The Labute approximate surface area is 187 Å². The lowest BCUT2D eigenvalue weighted by Crippen LogP contribution is -2.29. The van der Waals surface area contributed by atoms with E-state index in [-0.39, 0.29) is 24.1 Å². The molecule has 0 aromatic heterocycles. The molecule has 1 aliphatic heterocycles. The number of benzene rings is 2. The summed E-state index contributed by atoms with van der Waals surface area (Å²) < 4.78 is 13.3. The SMILES string of the molecule is O=C(CCCN1C(=O)/C(=C/c2cccc(Cl)c2Cl)SC1=S)Nc1ccc(F)cc1. The fourth-order valence-electron chi connectivity index (χ4n) is 2.62. The van der Waals surface area contributed by atoms with Crippen LogP contribution in [0.1, 0.15) is 18.4 Å². The predicted octanol–water partition coefficient (Wildman–Crippen LogP) is 5.75. The minimum absolute atomic E-state index is 0.202. The monoisotopic (exact) mass is 468 g/mol. The summed E-state index contributed by atoms with van der Waals surface area (Å²) in [4.78, 5) is 26.6. The molecular formula is C20H15Cl2FN2O2S2. The predicted molar refractivity (Wildman–Crippen MR) is 121 cm³/mol. The van der Waals surface area contributed by atoms with E-state index in [4.69, 9.17) is 35.4 Å². The van der Waals surface area contributed by atoms with Crippen LogP contribution in [0.5, 0.6) is 0 Å². The van der Waals surface area contributed by atoms with Gasteiger partial charge in [-0.3, -0.25) is 14.5 Å². The fourth-order valence-corrected chi connectivity index (χ4v) is 4.28. The van der Waals surface area contributed by atoms with Gasteiger partial charge in [-0.05, 0) is 48.4 Å². The third kappa shape index (κ3) is 5.57. The summed E-state index contributed by atoms with van der Waals surface area (Å²) in [5.41, 5.74) is 1.15. The van der Waals surface area contributed by atoms with Crippen LogP contribution in [0.15, 0.2) is 47.4 Å². The summed E-state index contributed by atoms with van der Waals surface area (Å²) in [6, 6.07) is 10.7. The highest BCUT2D eigenvalue weighted by Gasteiger charge is 2.31. The Morgan fingerprint density at radius 2 is 1.93 bits per heavy atom. The maximum Gasteiger partial charge on any atom is 0.266 e. The molecule has 1 fully saturated rings. The Balaban J connectivity index is 1.56. The third-order valence-electron chi connectivity index (χ3n) is 4.06. The number of anilines is 1. The lowest BCUT2D eigenvalue weighted by Gasteiger charge is -2.14. The van der Waals surface area contributed by atoms with E-state index in [1.807, 2.05) is 0 Å². The van der Waals surface area contributed by atoms with Crippen LogP contribution >= 0.6 is 47.2 Å². The van der Waals surface area contributed by atoms with Crippen LogP contribution in [0.4, 0.5) is 10.1 Å². The van der Waals surface area contributed by atoms with Crippen LogP contribution in [0.25, 0.3) is 6.08 Å². The lowest BCUT2D eigenvalue weighted by atomic mass is 10.2. The van der Waals surface area contributed by atoms with E-state index in [9.17, 15) is 14.0 Å². The highest BCUT2D eigenvalue weighted by atomic mass is 35.5. The van der Waals surface area contributed by atoms with E-state index in [0.29, 0.717) is 43.5 Å². The highest BCUT2D eigenvalue weighted by molar-refractivity contribution is 8.26. The van der Waals surface area contributed by atoms with Gasteiger partial charge in [-0.2, -0.15) is 0 Å². The van der Waals surface area contributed by atoms with Gasteiger partial charge in [-0.25, -0.2) is 4.39 Å². The van der Waals surface area contributed by atoms with Crippen LogP contribution in [0, 0.1) is 5.82 Å². The molecule has 4 nitrogen and oxygen atoms in total. The Hall–Kier alpha value is -1.93. The van der Waals surface area contributed by atoms with E-state index in [0.717, 1.165) is 0 Å². The quantitative estimate of drug-likeness (QED) is 0.432. The molecule has 2 aromatic rings. The topological polar surface area (TPSA) is 49.4 Å². The fraction of sp³-hybridized carbons (Fsp3) is 0.150. The van der Waals surface area contributed by atoms with Gasteiger partial charge < -0.3 is 5.32 Å². The van der Waals surface area contributed by atoms with Crippen molar-refractivity contribution in [3.8, 4) is 0 Å². The van der Waals surface area contributed by atoms with Crippen LogP contribution in [0.2, 0.25) is 10.0 Å². The highest BCUT2D eigenvalue weighted by Crippen LogP contribution is 2.35. The minimum Gasteiger partial charge on any atom is -0.326 e. The molecular weight excluding hydrogens is 454 g/mol. The molecule has 0 unspecified atom stereocenters. The van der Waals surface area contributed by atoms with Gasteiger partial charge in [0.05, 0.1) is 15.0 Å². The number of amides is 2. The molecule has 0 bridgehead atoms. The zero-order chi connectivity index (χ0) is 21.0. The van der Waals surface area contributed by atoms with Gasteiger partial charge in [0.1, 0.15) is 10.1 Å². The summed E-state index contributed by atoms with van der Waals surface area (Å²) >= 11 is 18.7. The van der Waals surface area contributed by atoms with Crippen molar-refractivity contribution in [3.05, 3.63) is 68.8 Å². The second-order valence-electron chi connectivity index (χ2n) is 6.14. The van der Waals surface area contributed by atoms with E-state index in [1.165, 1.54) is 40.9 Å². The van der Waals surface area contributed by atoms with Gasteiger partial charge >= 0.3 is 0 Å². The molecule has 0 radical (unpaired) electrons. The molecule has 1 N–H and O–H groups in total. The number of nitrogens with one attached hydrogen (secondary N) is 1. The van der Waals surface area contributed by atoms with Crippen molar-refractivity contribution >= 4 is 75.1 Å². The van der Waals surface area contributed by atoms with Gasteiger partial charge in [0.25, 0.3) is 5.91 Å². The van der Waals surface area contributed by atoms with Crippen molar-refractivity contribution in [1.82, 2.24) is 4.90 Å². The zero-order valence-corrected chi connectivity index (χ0v) is 18.1. The number of thioether (sulfide) groups is 1. The number of carbonyl (C=O) groups is 2. The Morgan fingerprint density at radius 3 is 2.66 bits per heavy atom. The van der Waals surface area contributed by atoms with E-state index in [1.54, 1.807) is 24.3 Å². The van der Waals surface area contributed by atoms with Crippen LogP contribution in [-0.2, 0) is 9.59 Å². The molecule has 9 heteroatoms. The number of halogens is 3. The molecule has 1 aliphatic rings. The van der Waals surface area contributed by atoms with E-state index < -0.39 is 0 Å². The zero-order valence-electron chi connectivity index (χ0n) is 15.0. The van der Waals surface area contributed by atoms with Gasteiger partial charge in [-0.15, -0.1) is 0 Å². The maximum absolute atomic E-state index is 12.9. The van der Waals surface area contributed by atoms with Crippen molar-refractivity contribution in [2.75, 3.05) is 11.9 Å². The molecule has 0 atom stereocenters. The Kier molecular flexibility index (Phi) is 7.29. The number of hydrogen-bond donors (Lipinski definition) is 1. The second kappa shape index (κ2) is 9.71. The number of rotatable bonds is 6. The van der Waals surface area contributed by atoms with Crippen molar-refractivity contribution in [1.29, 1.82) is 0 Å². The van der Waals surface area contributed by atoms with Crippen molar-refractivity contribution < 1.29 is 14.0 Å². The molecule has 1 saturated heterocycles. The first kappa shape index (κ1) is 21.8. The maximum atomic E-state index is 12.9. The molecule has 0 aliphatic carbocycles. The first-order valence-corrected chi connectivity index (χ1v) is 10.6. The molecule has 2 aromatic carbocycles. The van der Waals surface area contributed by atoms with E-state index >= 15 is 0 Å². The van der Waals surface area contributed by atoms with E-state index in [2.05, 4.69) is 5.32 Å². The molecule has 150 valence electrons. The molecule has 3 rings (SSSR count).